The van der Waals surface area contributed by atoms with Crippen LogP contribution < -0.4 is 15.5 Å². The summed E-state index contributed by atoms with van der Waals surface area (Å²) in [7, 11) is 1.65. The fraction of sp³-hybridized carbons (Fsp3) is 0.409. The van der Waals surface area contributed by atoms with E-state index >= 15 is 0 Å². The van der Waals surface area contributed by atoms with Crippen molar-refractivity contribution in [2.75, 3.05) is 63.1 Å². The SMILES string of the molecule is CCN1CCN(CCNC(=O)Nc2nc3ccc(N(C)c4ccc(F)cc4F)nc3s2)CC1. The number of hydrogen-bond donors (Lipinski definition) is 2. The number of fused-ring (bicyclic) bond motifs is 1. The van der Waals surface area contributed by atoms with Crippen LogP contribution in [0.15, 0.2) is 30.3 Å². The molecule has 0 aliphatic carbocycles. The maximum absolute atomic E-state index is 14.1. The highest BCUT2D eigenvalue weighted by Gasteiger charge is 2.16. The van der Waals surface area contributed by atoms with Crippen LogP contribution in [-0.2, 0) is 0 Å². The van der Waals surface area contributed by atoms with Crippen LogP contribution in [0.5, 0.6) is 0 Å². The molecule has 33 heavy (non-hydrogen) atoms. The number of nitrogens with one attached hydrogen (secondary N) is 2. The molecule has 1 fully saturated rings. The van der Waals surface area contributed by atoms with E-state index < -0.39 is 11.6 Å². The third-order valence-corrected chi connectivity index (χ3v) is 6.58. The zero-order valence-electron chi connectivity index (χ0n) is 18.6. The Morgan fingerprint density at radius 2 is 1.88 bits per heavy atom. The van der Waals surface area contributed by atoms with E-state index in [0.29, 0.717) is 27.8 Å². The number of carbonyl (C=O) groups is 1. The topological polar surface area (TPSA) is 76.6 Å². The molecule has 0 bridgehead atoms. The van der Waals surface area contributed by atoms with E-state index in [-0.39, 0.29) is 11.7 Å². The summed E-state index contributed by atoms with van der Waals surface area (Å²) < 4.78 is 27.3. The Labute approximate surface area is 195 Å². The minimum Gasteiger partial charge on any atom is -0.337 e. The molecule has 1 saturated heterocycles. The third-order valence-electron chi connectivity index (χ3n) is 5.70. The number of pyridine rings is 1. The zero-order chi connectivity index (χ0) is 23.4. The van der Waals surface area contributed by atoms with Gasteiger partial charge in [-0.25, -0.2) is 23.5 Å². The maximum Gasteiger partial charge on any atom is 0.321 e. The normalized spacial score (nSPS) is 15.0. The van der Waals surface area contributed by atoms with E-state index in [1.54, 1.807) is 19.2 Å². The van der Waals surface area contributed by atoms with Gasteiger partial charge in [-0.2, -0.15) is 0 Å². The number of amides is 2. The molecule has 0 unspecified atom stereocenters. The van der Waals surface area contributed by atoms with E-state index in [0.717, 1.165) is 45.3 Å². The lowest BCUT2D eigenvalue weighted by atomic mass is 10.2. The summed E-state index contributed by atoms with van der Waals surface area (Å²) >= 11 is 1.23. The van der Waals surface area contributed by atoms with Crippen LogP contribution in [0, 0.1) is 11.6 Å². The quantitative estimate of drug-likeness (QED) is 0.545. The van der Waals surface area contributed by atoms with Gasteiger partial charge in [0.05, 0.1) is 5.69 Å². The van der Waals surface area contributed by atoms with Crippen molar-refractivity contribution >= 4 is 44.4 Å². The predicted molar refractivity (Wildman–Crippen MR) is 127 cm³/mol. The van der Waals surface area contributed by atoms with Crippen LogP contribution in [0.25, 0.3) is 10.3 Å². The summed E-state index contributed by atoms with van der Waals surface area (Å²) in [4.78, 5) is 28.1. The van der Waals surface area contributed by atoms with Crippen molar-refractivity contribution in [3.63, 3.8) is 0 Å². The van der Waals surface area contributed by atoms with Gasteiger partial charge in [-0.05, 0) is 30.8 Å². The summed E-state index contributed by atoms with van der Waals surface area (Å²) in [6, 6.07) is 6.55. The largest absolute Gasteiger partial charge is 0.337 e. The van der Waals surface area contributed by atoms with Gasteiger partial charge in [0.25, 0.3) is 0 Å². The molecular weight excluding hydrogens is 448 g/mol. The molecule has 3 aromatic rings. The molecule has 3 heterocycles. The Morgan fingerprint density at radius 1 is 1.12 bits per heavy atom. The fourth-order valence-corrected chi connectivity index (χ4v) is 4.55. The van der Waals surface area contributed by atoms with Crippen molar-refractivity contribution in [2.24, 2.45) is 0 Å². The van der Waals surface area contributed by atoms with Crippen molar-refractivity contribution < 1.29 is 13.6 Å². The lowest BCUT2D eigenvalue weighted by Crippen LogP contribution is -2.48. The van der Waals surface area contributed by atoms with Crippen molar-refractivity contribution in [2.45, 2.75) is 6.92 Å². The molecule has 1 aromatic carbocycles. The summed E-state index contributed by atoms with van der Waals surface area (Å²) in [6.07, 6.45) is 0. The number of rotatable bonds is 7. The first-order valence-electron chi connectivity index (χ1n) is 10.9. The minimum absolute atomic E-state index is 0.210. The Balaban J connectivity index is 1.33. The average molecular weight is 476 g/mol. The van der Waals surface area contributed by atoms with Gasteiger partial charge in [0.2, 0.25) is 0 Å². The number of piperazine rings is 1. The molecule has 4 rings (SSSR count). The number of urea groups is 1. The van der Waals surface area contributed by atoms with Gasteiger partial charge in [-0.1, -0.05) is 18.3 Å². The van der Waals surface area contributed by atoms with E-state index in [1.807, 2.05) is 0 Å². The van der Waals surface area contributed by atoms with Crippen molar-refractivity contribution in [3.8, 4) is 0 Å². The van der Waals surface area contributed by atoms with Crippen LogP contribution >= 0.6 is 11.3 Å². The molecule has 2 aromatic heterocycles. The van der Waals surface area contributed by atoms with Crippen LogP contribution in [0.4, 0.5) is 30.2 Å². The van der Waals surface area contributed by atoms with Crippen LogP contribution in [0.1, 0.15) is 6.92 Å². The average Bonchev–Trinajstić information content (AvgIpc) is 3.20. The number of aromatic nitrogens is 2. The Morgan fingerprint density at radius 3 is 2.61 bits per heavy atom. The number of benzene rings is 1. The molecule has 2 N–H and O–H groups in total. The zero-order valence-corrected chi connectivity index (χ0v) is 19.5. The lowest BCUT2D eigenvalue weighted by molar-refractivity contribution is 0.138. The molecular formula is C22H27F2N7OS. The molecule has 0 spiro atoms. The molecule has 2 amide bonds. The molecule has 0 atom stereocenters. The molecule has 0 radical (unpaired) electrons. The first-order chi connectivity index (χ1) is 15.9. The second-order valence-electron chi connectivity index (χ2n) is 7.82. The maximum atomic E-state index is 14.1. The number of hydrogen-bond acceptors (Lipinski definition) is 7. The summed E-state index contributed by atoms with van der Waals surface area (Å²) in [5, 5.41) is 6.06. The molecule has 1 aliphatic heterocycles. The van der Waals surface area contributed by atoms with Gasteiger partial charge in [0.1, 0.15) is 27.8 Å². The number of halogens is 2. The first-order valence-corrected chi connectivity index (χ1v) is 11.7. The number of nitrogens with zero attached hydrogens (tertiary/aromatic N) is 5. The molecule has 1 aliphatic rings. The highest BCUT2D eigenvalue weighted by Crippen LogP contribution is 2.30. The van der Waals surface area contributed by atoms with Crippen LogP contribution in [0.2, 0.25) is 0 Å². The van der Waals surface area contributed by atoms with Gasteiger partial charge < -0.3 is 15.1 Å². The van der Waals surface area contributed by atoms with Gasteiger partial charge in [-0.3, -0.25) is 10.2 Å². The monoisotopic (exact) mass is 475 g/mol. The Bertz CT molecular complexity index is 1120. The van der Waals surface area contributed by atoms with Crippen molar-refractivity contribution in [1.29, 1.82) is 0 Å². The van der Waals surface area contributed by atoms with E-state index in [1.165, 1.54) is 28.4 Å². The summed E-state index contributed by atoms with van der Waals surface area (Å²) in [5.74, 6) is -0.825. The Hall–Kier alpha value is -2.89. The Kier molecular flexibility index (Phi) is 7.31. The standard InChI is InChI=1S/C22H27F2N7OS/c1-3-30-10-12-31(13-11-30)9-8-25-21(32)28-22-26-17-5-7-19(27-20(17)33-22)29(2)18-6-4-15(23)14-16(18)24/h4-7,14H,3,8-13H2,1-2H3,(H2,25,26,28,32). The van der Waals surface area contributed by atoms with Gasteiger partial charge in [-0.15, -0.1) is 0 Å². The number of likely N-dealkylation sites (N-methyl/N-ethyl adjacent to an activating group) is 1. The number of anilines is 3. The highest BCUT2D eigenvalue weighted by atomic mass is 32.1. The van der Waals surface area contributed by atoms with Crippen LogP contribution in [-0.4, -0.2) is 78.7 Å². The van der Waals surface area contributed by atoms with E-state index in [4.69, 9.17) is 0 Å². The third kappa shape index (κ3) is 5.73. The summed E-state index contributed by atoms with van der Waals surface area (Å²) in [6.45, 7) is 8.76. The van der Waals surface area contributed by atoms with Crippen molar-refractivity contribution in [3.05, 3.63) is 42.0 Å². The molecule has 11 heteroatoms. The summed E-state index contributed by atoms with van der Waals surface area (Å²) in [5.41, 5.74) is 0.836. The predicted octanol–water partition coefficient (Wildman–Crippen LogP) is 3.50. The second kappa shape index (κ2) is 10.4. The minimum atomic E-state index is -0.671. The first kappa shape index (κ1) is 23.3. The van der Waals surface area contributed by atoms with E-state index in [2.05, 4.69) is 37.3 Å². The molecule has 176 valence electrons. The van der Waals surface area contributed by atoms with Crippen LogP contribution in [0.3, 0.4) is 0 Å². The van der Waals surface area contributed by atoms with Crippen molar-refractivity contribution in [1.82, 2.24) is 25.1 Å². The second-order valence-corrected chi connectivity index (χ2v) is 8.80. The van der Waals surface area contributed by atoms with Gasteiger partial charge >= 0.3 is 6.03 Å². The highest BCUT2D eigenvalue weighted by molar-refractivity contribution is 7.22. The number of thiazole rings is 1. The van der Waals surface area contributed by atoms with E-state index in [9.17, 15) is 13.6 Å². The smallest absolute Gasteiger partial charge is 0.321 e. The molecule has 0 saturated carbocycles. The number of carbonyl (C=O) groups excluding carboxylic acids is 1. The molecule has 8 nitrogen and oxygen atoms in total. The fourth-order valence-electron chi connectivity index (χ4n) is 3.72. The lowest BCUT2D eigenvalue weighted by Gasteiger charge is -2.33. The van der Waals surface area contributed by atoms with Gasteiger partial charge in [0, 0.05) is 52.4 Å². The van der Waals surface area contributed by atoms with Gasteiger partial charge in [0.15, 0.2) is 5.13 Å².